The third-order valence-corrected chi connectivity index (χ3v) is 2.51. The lowest BCUT2D eigenvalue weighted by molar-refractivity contribution is 0.456. The summed E-state index contributed by atoms with van der Waals surface area (Å²) in [5, 5.41) is 0.582. The van der Waals surface area contributed by atoms with Crippen molar-refractivity contribution in [2.45, 2.75) is 38.6 Å². The first kappa shape index (κ1) is 12.5. The number of nitrogens with two attached hydrogens (primary N) is 1. The molecular formula is C12H17ClFN. The summed E-state index contributed by atoms with van der Waals surface area (Å²) in [5.41, 5.74) is 6.34. The quantitative estimate of drug-likeness (QED) is 0.840. The lowest BCUT2D eigenvalue weighted by Gasteiger charge is -2.17. The third-order valence-electron chi connectivity index (χ3n) is 2.27. The molecule has 0 atom stereocenters. The molecule has 0 aliphatic heterocycles. The minimum Gasteiger partial charge on any atom is -0.326 e. The van der Waals surface area contributed by atoms with Crippen LogP contribution in [0.3, 0.4) is 0 Å². The zero-order chi connectivity index (χ0) is 11.5. The molecule has 0 radical (unpaired) electrons. The van der Waals surface area contributed by atoms with Gasteiger partial charge in [0.1, 0.15) is 5.82 Å². The zero-order valence-electron chi connectivity index (χ0n) is 9.19. The lowest BCUT2D eigenvalue weighted by Crippen LogP contribution is -2.31. The summed E-state index contributed by atoms with van der Waals surface area (Å²) in [5.74, 6) is -0.186. The van der Waals surface area contributed by atoms with Crippen LogP contribution in [0.5, 0.6) is 0 Å². The van der Waals surface area contributed by atoms with Crippen molar-refractivity contribution in [1.29, 1.82) is 0 Å². The number of hydrogen-bond donors (Lipinski definition) is 1. The van der Waals surface area contributed by atoms with E-state index in [1.165, 1.54) is 6.07 Å². The molecule has 0 aliphatic rings. The Morgan fingerprint density at radius 3 is 2.67 bits per heavy atom. The summed E-state index contributed by atoms with van der Waals surface area (Å²) in [4.78, 5) is 0. The number of benzene rings is 1. The van der Waals surface area contributed by atoms with Gasteiger partial charge in [-0.3, -0.25) is 0 Å². The fourth-order valence-corrected chi connectivity index (χ4v) is 1.66. The molecule has 0 bridgehead atoms. The molecule has 0 fully saturated rings. The van der Waals surface area contributed by atoms with Crippen molar-refractivity contribution in [2.75, 3.05) is 0 Å². The van der Waals surface area contributed by atoms with E-state index in [9.17, 15) is 4.39 Å². The van der Waals surface area contributed by atoms with Crippen molar-refractivity contribution >= 4 is 11.6 Å². The van der Waals surface area contributed by atoms with Gasteiger partial charge in [0.2, 0.25) is 0 Å². The predicted molar refractivity (Wildman–Crippen MR) is 62.6 cm³/mol. The van der Waals surface area contributed by atoms with E-state index in [0.717, 1.165) is 12.8 Å². The SMILES string of the molecule is CC(C)(N)CCCc1cc(Cl)ccc1F. The van der Waals surface area contributed by atoms with Gasteiger partial charge in [0.05, 0.1) is 0 Å². The zero-order valence-corrected chi connectivity index (χ0v) is 9.94. The number of aryl methyl sites for hydroxylation is 1. The maximum atomic E-state index is 13.3. The van der Waals surface area contributed by atoms with E-state index < -0.39 is 0 Å². The second-order valence-electron chi connectivity index (χ2n) is 4.58. The van der Waals surface area contributed by atoms with E-state index in [-0.39, 0.29) is 11.4 Å². The molecule has 0 saturated carbocycles. The normalized spacial score (nSPS) is 11.8. The average molecular weight is 230 g/mol. The Balaban J connectivity index is 2.54. The average Bonchev–Trinajstić information content (AvgIpc) is 2.09. The van der Waals surface area contributed by atoms with Crippen LogP contribution in [-0.2, 0) is 6.42 Å². The highest BCUT2D eigenvalue weighted by atomic mass is 35.5. The first-order valence-corrected chi connectivity index (χ1v) is 5.49. The summed E-state index contributed by atoms with van der Waals surface area (Å²) in [6.07, 6.45) is 2.44. The predicted octanol–water partition coefficient (Wildman–Crippen LogP) is 3.54. The van der Waals surface area contributed by atoms with Crippen LogP contribution >= 0.6 is 11.6 Å². The first-order valence-electron chi connectivity index (χ1n) is 5.11. The van der Waals surface area contributed by atoms with Crippen molar-refractivity contribution in [1.82, 2.24) is 0 Å². The molecule has 0 saturated heterocycles. The summed E-state index contributed by atoms with van der Waals surface area (Å²) >= 11 is 5.79. The number of rotatable bonds is 4. The molecule has 84 valence electrons. The standard InChI is InChI=1S/C12H17ClFN/c1-12(2,15)7-3-4-9-8-10(13)5-6-11(9)14/h5-6,8H,3-4,7,15H2,1-2H3. The highest BCUT2D eigenvalue weighted by molar-refractivity contribution is 6.30. The minimum atomic E-state index is -0.186. The van der Waals surface area contributed by atoms with Gasteiger partial charge in [0.15, 0.2) is 0 Å². The molecule has 1 nitrogen and oxygen atoms in total. The Morgan fingerprint density at radius 1 is 1.40 bits per heavy atom. The Bertz CT molecular complexity index is 331. The molecule has 1 aromatic rings. The van der Waals surface area contributed by atoms with E-state index in [1.807, 2.05) is 13.8 Å². The van der Waals surface area contributed by atoms with Gasteiger partial charge >= 0.3 is 0 Å². The molecule has 0 unspecified atom stereocenters. The van der Waals surface area contributed by atoms with Gasteiger partial charge in [0, 0.05) is 10.6 Å². The fourth-order valence-electron chi connectivity index (χ4n) is 1.47. The van der Waals surface area contributed by atoms with Gasteiger partial charge in [0.25, 0.3) is 0 Å². The van der Waals surface area contributed by atoms with Crippen LogP contribution in [0.2, 0.25) is 5.02 Å². The van der Waals surface area contributed by atoms with Gasteiger partial charge in [-0.1, -0.05) is 11.6 Å². The molecule has 15 heavy (non-hydrogen) atoms. The summed E-state index contributed by atoms with van der Waals surface area (Å²) in [7, 11) is 0. The highest BCUT2D eigenvalue weighted by Crippen LogP contribution is 2.18. The summed E-state index contributed by atoms with van der Waals surface area (Å²) < 4.78 is 13.3. The van der Waals surface area contributed by atoms with Gasteiger partial charge in [-0.05, 0) is 56.9 Å². The molecule has 1 aromatic carbocycles. The smallest absolute Gasteiger partial charge is 0.126 e. The summed E-state index contributed by atoms with van der Waals surface area (Å²) in [6.45, 7) is 3.95. The number of hydrogen-bond acceptors (Lipinski definition) is 1. The topological polar surface area (TPSA) is 26.0 Å². The molecule has 0 aromatic heterocycles. The van der Waals surface area contributed by atoms with E-state index in [2.05, 4.69) is 0 Å². The minimum absolute atomic E-state index is 0.185. The van der Waals surface area contributed by atoms with E-state index in [4.69, 9.17) is 17.3 Å². The Kier molecular flexibility index (Phi) is 4.12. The van der Waals surface area contributed by atoms with Crippen LogP contribution in [0.1, 0.15) is 32.3 Å². The van der Waals surface area contributed by atoms with Crippen molar-refractivity contribution in [3.8, 4) is 0 Å². The molecule has 0 amide bonds. The molecular weight excluding hydrogens is 213 g/mol. The fraction of sp³-hybridized carbons (Fsp3) is 0.500. The second-order valence-corrected chi connectivity index (χ2v) is 5.01. The van der Waals surface area contributed by atoms with E-state index in [1.54, 1.807) is 12.1 Å². The van der Waals surface area contributed by atoms with E-state index >= 15 is 0 Å². The molecule has 0 spiro atoms. The van der Waals surface area contributed by atoms with Crippen molar-refractivity contribution in [3.63, 3.8) is 0 Å². The van der Waals surface area contributed by atoms with Crippen molar-refractivity contribution in [2.24, 2.45) is 5.73 Å². The third kappa shape index (κ3) is 4.63. The van der Waals surface area contributed by atoms with Crippen molar-refractivity contribution < 1.29 is 4.39 Å². The van der Waals surface area contributed by atoms with Crippen LogP contribution in [0.4, 0.5) is 4.39 Å². The van der Waals surface area contributed by atoms with Crippen LogP contribution in [0.25, 0.3) is 0 Å². The first-order chi connectivity index (χ1) is 6.88. The van der Waals surface area contributed by atoms with Gasteiger partial charge in [-0.15, -0.1) is 0 Å². The highest BCUT2D eigenvalue weighted by Gasteiger charge is 2.10. The summed E-state index contributed by atoms with van der Waals surface area (Å²) in [6, 6.07) is 4.65. The monoisotopic (exact) mass is 229 g/mol. The lowest BCUT2D eigenvalue weighted by atomic mass is 9.97. The molecule has 1 rings (SSSR count). The molecule has 3 heteroatoms. The van der Waals surface area contributed by atoms with E-state index in [0.29, 0.717) is 17.0 Å². The van der Waals surface area contributed by atoms with Crippen LogP contribution in [0, 0.1) is 5.82 Å². The molecule has 2 N–H and O–H groups in total. The second kappa shape index (κ2) is 4.95. The largest absolute Gasteiger partial charge is 0.326 e. The maximum Gasteiger partial charge on any atom is 0.126 e. The number of halogens is 2. The van der Waals surface area contributed by atoms with Gasteiger partial charge < -0.3 is 5.73 Å². The Morgan fingerprint density at radius 2 is 2.07 bits per heavy atom. The molecule has 0 aliphatic carbocycles. The Hall–Kier alpha value is -0.600. The van der Waals surface area contributed by atoms with Gasteiger partial charge in [-0.2, -0.15) is 0 Å². The van der Waals surface area contributed by atoms with Gasteiger partial charge in [-0.25, -0.2) is 4.39 Å². The van der Waals surface area contributed by atoms with Crippen molar-refractivity contribution in [3.05, 3.63) is 34.6 Å². The Labute approximate surface area is 95.4 Å². The van der Waals surface area contributed by atoms with Crippen LogP contribution in [0.15, 0.2) is 18.2 Å². The van der Waals surface area contributed by atoms with Crippen LogP contribution in [-0.4, -0.2) is 5.54 Å². The molecule has 0 heterocycles. The maximum absolute atomic E-state index is 13.3. The van der Waals surface area contributed by atoms with Crippen LogP contribution < -0.4 is 5.73 Å².